The van der Waals surface area contributed by atoms with E-state index in [-0.39, 0.29) is 12.5 Å². The number of hydrogen-bond acceptors (Lipinski definition) is 3. The molecule has 0 saturated heterocycles. The Morgan fingerprint density at radius 2 is 2.12 bits per heavy atom. The SMILES string of the molecule is C#CCNC(=O)c1ccc(N(C)C2CCc3ccccc3C2)nc1. The highest BCUT2D eigenvalue weighted by atomic mass is 16.1. The minimum absolute atomic E-state index is 0.193. The van der Waals surface area contributed by atoms with Crippen molar-refractivity contribution in [3.05, 3.63) is 59.3 Å². The first kappa shape index (κ1) is 16.1. The lowest BCUT2D eigenvalue weighted by atomic mass is 9.88. The van der Waals surface area contributed by atoms with E-state index in [9.17, 15) is 4.79 Å². The summed E-state index contributed by atoms with van der Waals surface area (Å²) >= 11 is 0. The van der Waals surface area contributed by atoms with Gasteiger partial charge in [-0.2, -0.15) is 0 Å². The standard InChI is InChI=1S/C20H21N3O/c1-3-12-21-20(24)17-9-11-19(22-14-17)23(2)18-10-8-15-6-4-5-7-16(15)13-18/h1,4-7,9,11,14,18H,8,10,12-13H2,2H3,(H,21,24). The van der Waals surface area contributed by atoms with Crippen LogP contribution in [0.25, 0.3) is 0 Å². The molecular formula is C20H21N3O. The highest BCUT2D eigenvalue weighted by Crippen LogP contribution is 2.26. The summed E-state index contributed by atoms with van der Waals surface area (Å²) in [7, 11) is 2.07. The molecule has 0 spiro atoms. The van der Waals surface area contributed by atoms with Crippen molar-refractivity contribution in [2.24, 2.45) is 0 Å². The number of fused-ring (bicyclic) bond motifs is 1. The van der Waals surface area contributed by atoms with Crippen LogP contribution < -0.4 is 10.2 Å². The zero-order valence-corrected chi connectivity index (χ0v) is 13.8. The molecular weight excluding hydrogens is 298 g/mol. The monoisotopic (exact) mass is 319 g/mol. The van der Waals surface area contributed by atoms with Crippen LogP contribution in [0, 0.1) is 12.3 Å². The maximum absolute atomic E-state index is 11.9. The molecule has 1 aliphatic rings. The lowest BCUT2D eigenvalue weighted by molar-refractivity contribution is 0.0958. The fraction of sp³-hybridized carbons (Fsp3) is 0.300. The summed E-state index contributed by atoms with van der Waals surface area (Å²) in [4.78, 5) is 18.5. The first-order valence-corrected chi connectivity index (χ1v) is 8.16. The number of pyridine rings is 1. The molecule has 24 heavy (non-hydrogen) atoms. The predicted octanol–water partition coefficient (Wildman–Crippen LogP) is 2.44. The van der Waals surface area contributed by atoms with E-state index < -0.39 is 0 Å². The molecule has 1 unspecified atom stereocenters. The smallest absolute Gasteiger partial charge is 0.253 e. The number of likely N-dealkylation sites (N-methyl/N-ethyl adjacent to an activating group) is 1. The first-order chi connectivity index (χ1) is 11.7. The molecule has 4 nitrogen and oxygen atoms in total. The van der Waals surface area contributed by atoms with Crippen LogP contribution >= 0.6 is 0 Å². The van der Waals surface area contributed by atoms with Crippen molar-refractivity contribution in [2.75, 3.05) is 18.5 Å². The largest absolute Gasteiger partial charge is 0.356 e. The number of hydrogen-bond donors (Lipinski definition) is 1. The molecule has 1 aromatic heterocycles. The van der Waals surface area contributed by atoms with Crippen molar-refractivity contribution in [3.8, 4) is 12.3 Å². The fourth-order valence-electron chi connectivity index (χ4n) is 3.16. The van der Waals surface area contributed by atoms with Crippen molar-refractivity contribution in [1.29, 1.82) is 0 Å². The zero-order valence-electron chi connectivity index (χ0n) is 13.8. The van der Waals surface area contributed by atoms with Crippen molar-refractivity contribution in [1.82, 2.24) is 10.3 Å². The number of aryl methyl sites for hydroxylation is 1. The lowest BCUT2D eigenvalue weighted by Crippen LogP contribution is -2.37. The second-order valence-corrected chi connectivity index (χ2v) is 6.07. The van der Waals surface area contributed by atoms with Gasteiger partial charge in [-0.05, 0) is 42.5 Å². The molecule has 1 heterocycles. The normalized spacial score (nSPS) is 15.9. The Morgan fingerprint density at radius 1 is 1.33 bits per heavy atom. The Bertz CT molecular complexity index is 761. The zero-order chi connectivity index (χ0) is 16.9. The molecule has 1 aromatic carbocycles. The maximum atomic E-state index is 11.9. The number of benzene rings is 1. The van der Waals surface area contributed by atoms with Gasteiger partial charge in [-0.25, -0.2) is 4.98 Å². The quantitative estimate of drug-likeness (QED) is 0.881. The van der Waals surface area contributed by atoms with Gasteiger partial charge in [0.15, 0.2) is 0 Å². The van der Waals surface area contributed by atoms with Crippen molar-refractivity contribution < 1.29 is 4.79 Å². The average Bonchev–Trinajstić information content (AvgIpc) is 2.65. The number of carbonyl (C=O) groups is 1. The molecule has 4 heteroatoms. The maximum Gasteiger partial charge on any atom is 0.253 e. The van der Waals surface area contributed by atoms with Gasteiger partial charge in [0.1, 0.15) is 5.82 Å². The van der Waals surface area contributed by atoms with Crippen molar-refractivity contribution >= 4 is 11.7 Å². The average molecular weight is 319 g/mol. The number of aromatic nitrogens is 1. The fourth-order valence-corrected chi connectivity index (χ4v) is 3.16. The van der Waals surface area contributed by atoms with Crippen LogP contribution in [0.1, 0.15) is 27.9 Å². The predicted molar refractivity (Wildman–Crippen MR) is 96.1 cm³/mol. The minimum Gasteiger partial charge on any atom is -0.356 e. The summed E-state index contributed by atoms with van der Waals surface area (Å²) in [5, 5.41) is 2.64. The van der Waals surface area contributed by atoms with Crippen LogP contribution in [0.15, 0.2) is 42.6 Å². The van der Waals surface area contributed by atoms with Crippen LogP contribution in [-0.4, -0.2) is 30.5 Å². The van der Waals surface area contributed by atoms with E-state index in [0.29, 0.717) is 11.6 Å². The third-order valence-electron chi connectivity index (χ3n) is 4.59. The summed E-state index contributed by atoms with van der Waals surface area (Å²) in [6.07, 6.45) is 9.99. The highest BCUT2D eigenvalue weighted by Gasteiger charge is 2.22. The highest BCUT2D eigenvalue weighted by molar-refractivity contribution is 5.94. The van der Waals surface area contributed by atoms with Gasteiger partial charge < -0.3 is 10.2 Å². The van der Waals surface area contributed by atoms with E-state index in [0.717, 1.165) is 25.1 Å². The third-order valence-corrected chi connectivity index (χ3v) is 4.59. The Hall–Kier alpha value is -2.80. The number of anilines is 1. The van der Waals surface area contributed by atoms with Gasteiger partial charge in [-0.1, -0.05) is 30.2 Å². The Balaban J connectivity index is 1.69. The molecule has 3 rings (SSSR count). The molecule has 0 fully saturated rings. The van der Waals surface area contributed by atoms with Gasteiger partial charge in [0.25, 0.3) is 5.91 Å². The third kappa shape index (κ3) is 3.41. The van der Waals surface area contributed by atoms with E-state index in [1.54, 1.807) is 12.3 Å². The van der Waals surface area contributed by atoms with E-state index in [1.807, 2.05) is 6.07 Å². The van der Waals surface area contributed by atoms with Crippen LogP contribution in [-0.2, 0) is 12.8 Å². The molecule has 122 valence electrons. The second kappa shape index (κ2) is 7.18. The van der Waals surface area contributed by atoms with Gasteiger partial charge in [-0.3, -0.25) is 4.79 Å². The van der Waals surface area contributed by atoms with E-state index in [4.69, 9.17) is 6.42 Å². The Kier molecular flexibility index (Phi) is 4.81. The van der Waals surface area contributed by atoms with Gasteiger partial charge in [0.05, 0.1) is 12.1 Å². The molecule has 1 aliphatic carbocycles. The van der Waals surface area contributed by atoms with Crippen molar-refractivity contribution in [3.63, 3.8) is 0 Å². The number of carbonyl (C=O) groups excluding carboxylic acids is 1. The molecule has 0 radical (unpaired) electrons. The Labute approximate surface area is 142 Å². The summed E-state index contributed by atoms with van der Waals surface area (Å²) in [5.74, 6) is 3.08. The number of amides is 1. The summed E-state index contributed by atoms with van der Waals surface area (Å²) in [5.41, 5.74) is 3.40. The number of terminal acetylenes is 1. The summed E-state index contributed by atoms with van der Waals surface area (Å²) in [6, 6.07) is 12.7. The van der Waals surface area contributed by atoms with E-state index >= 15 is 0 Å². The number of rotatable bonds is 4. The summed E-state index contributed by atoms with van der Waals surface area (Å²) in [6.45, 7) is 0.224. The molecule has 1 amide bonds. The first-order valence-electron chi connectivity index (χ1n) is 8.16. The Morgan fingerprint density at radius 3 is 2.83 bits per heavy atom. The van der Waals surface area contributed by atoms with Crippen molar-refractivity contribution in [2.45, 2.75) is 25.3 Å². The van der Waals surface area contributed by atoms with Crippen LogP contribution in [0.5, 0.6) is 0 Å². The molecule has 0 bridgehead atoms. The molecule has 1 atom stereocenters. The van der Waals surface area contributed by atoms with Gasteiger partial charge >= 0.3 is 0 Å². The topological polar surface area (TPSA) is 45.2 Å². The second-order valence-electron chi connectivity index (χ2n) is 6.07. The number of nitrogens with zero attached hydrogens (tertiary/aromatic N) is 2. The molecule has 0 aliphatic heterocycles. The van der Waals surface area contributed by atoms with Gasteiger partial charge in [0, 0.05) is 19.3 Å². The van der Waals surface area contributed by atoms with E-state index in [2.05, 4.69) is 52.4 Å². The van der Waals surface area contributed by atoms with Crippen LogP contribution in [0.4, 0.5) is 5.82 Å². The van der Waals surface area contributed by atoms with E-state index in [1.165, 1.54) is 11.1 Å². The molecule has 1 N–H and O–H groups in total. The van der Waals surface area contributed by atoms with Gasteiger partial charge in [0.2, 0.25) is 0 Å². The van der Waals surface area contributed by atoms with Gasteiger partial charge in [-0.15, -0.1) is 6.42 Å². The number of nitrogens with one attached hydrogen (secondary N) is 1. The minimum atomic E-state index is -0.193. The molecule has 2 aromatic rings. The van der Waals surface area contributed by atoms with Crippen LogP contribution in [0.2, 0.25) is 0 Å². The molecule has 0 saturated carbocycles. The van der Waals surface area contributed by atoms with Crippen LogP contribution in [0.3, 0.4) is 0 Å². The lowest BCUT2D eigenvalue weighted by Gasteiger charge is -2.33. The summed E-state index contributed by atoms with van der Waals surface area (Å²) < 4.78 is 0.